The Morgan fingerprint density at radius 3 is 2.40 bits per heavy atom. The number of nitrogens with zero attached hydrogens (tertiary/aromatic N) is 4. The Morgan fingerprint density at radius 1 is 0.778 bits per heavy atom. The fourth-order valence-electron chi connectivity index (χ4n) is 4.87. The number of aromatic nitrogens is 4. The molecule has 3 aromatic heterocycles. The number of amides is 2. The molecule has 45 heavy (non-hydrogen) atoms. The topological polar surface area (TPSA) is 145 Å². The van der Waals surface area contributed by atoms with E-state index < -0.39 is 12.0 Å². The van der Waals surface area contributed by atoms with Gasteiger partial charge < -0.3 is 21.1 Å². The lowest BCUT2D eigenvalue weighted by Gasteiger charge is -2.13. The number of ether oxygens (including phenoxy) is 1. The number of rotatable bonds is 9. The third-order valence-corrected chi connectivity index (χ3v) is 7.17. The van der Waals surface area contributed by atoms with Crippen LogP contribution in [0, 0.1) is 0 Å². The summed E-state index contributed by atoms with van der Waals surface area (Å²) in [4.78, 5) is 42.9. The van der Waals surface area contributed by atoms with Crippen molar-refractivity contribution in [2.24, 2.45) is 0 Å². The maximum atomic E-state index is 13.4. The first-order valence-electron chi connectivity index (χ1n) is 14.3. The molecule has 3 aromatic carbocycles. The zero-order valence-electron chi connectivity index (χ0n) is 24.2. The molecule has 0 atom stereocenters. The molecule has 0 bridgehead atoms. The highest BCUT2D eigenvalue weighted by atomic mass is 16.5. The highest BCUT2D eigenvalue weighted by Gasteiger charge is 2.18. The minimum atomic E-state index is -0.503. The number of alkyl carbamates (subject to hydrolysis) is 1. The number of nitrogens with two attached hydrogens (primary N) is 1. The smallest absolute Gasteiger partial charge is 0.407 e. The van der Waals surface area contributed by atoms with Crippen molar-refractivity contribution in [1.82, 2.24) is 25.3 Å². The van der Waals surface area contributed by atoms with E-state index in [1.54, 1.807) is 18.6 Å². The minimum absolute atomic E-state index is 0.00387. The molecule has 3 heterocycles. The highest BCUT2D eigenvalue weighted by Crippen LogP contribution is 2.32. The number of carbonyl (C=O) groups is 2. The average Bonchev–Trinajstić information content (AvgIpc) is 3.08. The zero-order valence-corrected chi connectivity index (χ0v) is 24.2. The molecule has 10 nitrogen and oxygen atoms in total. The quantitative estimate of drug-likeness (QED) is 0.183. The fraction of sp³-hybridized carbons (Fsp3) is 0.0857. The second kappa shape index (κ2) is 13.4. The van der Waals surface area contributed by atoms with Gasteiger partial charge in [-0.05, 0) is 41.3 Å². The van der Waals surface area contributed by atoms with Crippen molar-refractivity contribution in [1.29, 1.82) is 0 Å². The van der Waals surface area contributed by atoms with Gasteiger partial charge in [0.25, 0.3) is 5.91 Å². The van der Waals surface area contributed by atoms with E-state index in [-0.39, 0.29) is 18.1 Å². The van der Waals surface area contributed by atoms with Crippen LogP contribution in [0.2, 0.25) is 0 Å². The van der Waals surface area contributed by atoms with Gasteiger partial charge in [-0.3, -0.25) is 14.8 Å². The third-order valence-electron chi connectivity index (χ3n) is 7.17. The Labute approximate surface area is 259 Å². The summed E-state index contributed by atoms with van der Waals surface area (Å²) in [5, 5.41) is 6.64. The average molecular weight is 596 g/mol. The van der Waals surface area contributed by atoms with Gasteiger partial charge in [0.2, 0.25) is 0 Å². The van der Waals surface area contributed by atoms with Gasteiger partial charge in [-0.1, -0.05) is 72.8 Å². The van der Waals surface area contributed by atoms with Crippen LogP contribution in [0.3, 0.4) is 0 Å². The van der Waals surface area contributed by atoms with Crippen molar-refractivity contribution in [2.45, 2.75) is 13.0 Å². The van der Waals surface area contributed by atoms with Crippen molar-refractivity contribution in [3.8, 4) is 22.4 Å². The van der Waals surface area contributed by atoms with Crippen LogP contribution in [0.15, 0.2) is 116 Å². The van der Waals surface area contributed by atoms with Crippen LogP contribution in [0.4, 0.5) is 16.3 Å². The second-order valence-electron chi connectivity index (χ2n) is 10.2. The van der Waals surface area contributed by atoms with Gasteiger partial charge in [0.1, 0.15) is 6.61 Å². The van der Waals surface area contributed by atoms with E-state index in [0.717, 1.165) is 38.7 Å². The molecule has 2 amide bonds. The molecule has 0 aliphatic heterocycles. The van der Waals surface area contributed by atoms with Crippen LogP contribution in [0.1, 0.15) is 21.6 Å². The van der Waals surface area contributed by atoms with Crippen LogP contribution < -0.4 is 16.4 Å². The first kappa shape index (κ1) is 28.9. The van der Waals surface area contributed by atoms with Crippen LogP contribution in [-0.2, 0) is 17.8 Å². The van der Waals surface area contributed by atoms with Crippen molar-refractivity contribution in [3.63, 3.8) is 0 Å². The van der Waals surface area contributed by atoms with E-state index in [0.29, 0.717) is 24.3 Å². The number of fused-ring (bicyclic) bond motifs is 1. The van der Waals surface area contributed by atoms with Crippen molar-refractivity contribution >= 4 is 34.4 Å². The SMILES string of the molecule is Nc1ncc(-c2ccc(CCNC(=O)OCc3ccccc3)cc2)nc1C(=O)Nc1cnccc1-c1ccnc2ccccc12. The number of carbonyl (C=O) groups excluding carboxylic acids is 2. The predicted octanol–water partition coefficient (Wildman–Crippen LogP) is 6.06. The molecule has 0 aliphatic rings. The molecular formula is C35H29N7O3. The van der Waals surface area contributed by atoms with Crippen LogP contribution in [0.5, 0.6) is 0 Å². The van der Waals surface area contributed by atoms with Crippen molar-refractivity contribution in [2.75, 3.05) is 17.6 Å². The number of nitrogen functional groups attached to an aromatic ring is 1. The normalized spacial score (nSPS) is 10.8. The van der Waals surface area contributed by atoms with Gasteiger partial charge in [-0.25, -0.2) is 14.8 Å². The molecule has 6 rings (SSSR count). The van der Waals surface area contributed by atoms with Gasteiger partial charge in [0.15, 0.2) is 11.5 Å². The third kappa shape index (κ3) is 6.91. The van der Waals surface area contributed by atoms with E-state index >= 15 is 0 Å². The number of pyridine rings is 2. The zero-order chi connectivity index (χ0) is 31.0. The summed E-state index contributed by atoms with van der Waals surface area (Å²) < 4.78 is 5.25. The van der Waals surface area contributed by atoms with E-state index in [1.807, 2.05) is 91.0 Å². The first-order valence-corrected chi connectivity index (χ1v) is 14.3. The van der Waals surface area contributed by atoms with Crippen LogP contribution in [-0.4, -0.2) is 38.5 Å². The van der Waals surface area contributed by atoms with E-state index in [1.165, 1.54) is 6.20 Å². The standard InChI is InChI=1S/C35H29N7O3/c36-33-32(34(43)42-31-20-37-17-15-28(31)26-16-19-38-29-9-5-4-8-27(26)29)41-30(21-40-33)25-12-10-23(11-13-25)14-18-39-35(44)45-22-24-6-2-1-3-7-24/h1-13,15-17,19-21H,14,18,22H2,(H2,36,40)(H,39,44)(H,42,43). The maximum Gasteiger partial charge on any atom is 0.407 e. The fourth-order valence-corrected chi connectivity index (χ4v) is 4.87. The summed E-state index contributed by atoms with van der Waals surface area (Å²) in [6.45, 7) is 0.639. The monoisotopic (exact) mass is 595 g/mol. The number of para-hydroxylation sites is 1. The molecule has 0 saturated heterocycles. The van der Waals surface area contributed by atoms with Crippen molar-refractivity contribution < 1.29 is 14.3 Å². The summed E-state index contributed by atoms with van der Waals surface area (Å²) in [7, 11) is 0. The molecule has 4 N–H and O–H groups in total. The van der Waals surface area contributed by atoms with Gasteiger partial charge in [0, 0.05) is 35.5 Å². The molecule has 0 radical (unpaired) electrons. The Hall–Kier alpha value is -6.16. The number of anilines is 2. The number of hydrogen-bond donors (Lipinski definition) is 3. The Morgan fingerprint density at radius 2 is 1.56 bits per heavy atom. The predicted molar refractivity (Wildman–Crippen MR) is 173 cm³/mol. The molecule has 6 aromatic rings. The van der Waals surface area contributed by atoms with Crippen LogP contribution >= 0.6 is 0 Å². The van der Waals surface area contributed by atoms with Gasteiger partial charge in [-0.15, -0.1) is 0 Å². The first-order chi connectivity index (χ1) is 22.0. The lowest BCUT2D eigenvalue weighted by molar-refractivity contribution is 0.102. The molecular weight excluding hydrogens is 566 g/mol. The Kier molecular flexibility index (Phi) is 8.64. The number of nitrogens with one attached hydrogen (secondary N) is 2. The van der Waals surface area contributed by atoms with E-state index in [4.69, 9.17) is 10.5 Å². The van der Waals surface area contributed by atoms with Crippen molar-refractivity contribution in [3.05, 3.63) is 133 Å². The number of benzene rings is 3. The molecule has 0 unspecified atom stereocenters. The lowest BCUT2D eigenvalue weighted by Crippen LogP contribution is -2.26. The maximum absolute atomic E-state index is 13.4. The summed E-state index contributed by atoms with van der Waals surface area (Å²) in [6, 6.07) is 28.7. The van der Waals surface area contributed by atoms with Gasteiger partial charge in [0.05, 0.1) is 29.3 Å². The summed E-state index contributed by atoms with van der Waals surface area (Å²) in [5.74, 6) is -0.491. The van der Waals surface area contributed by atoms with Gasteiger partial charge >= 0.3 is 6.09 Å². The largest absolute Gasteiger partial charge is 0.445 e. The Balaban J connectivity index is 1.11. The van der Waals surface area contributed by atoms with Gasteiger partial charge in [-0.2, -0.15) is 0 Å². The second-order valence-corrected chi connectivity index (χ2v) is 10.2. The van der Waals surface area contributed by atoms with Crippen LogP contribution in [0.25, 0.3) is 33.3 Å². The summed E-state index contributed by atoms with van der Waals surface area (Å²) >= 11 is 0. The van der Waals surface area contributed by atoms with E-state index in [2.05, 4.69) is 30.6 Å². The molecule has 0 fully saturated rings. The summed E-state index contributed by atoms with van der Waals surface area (Å²) in [6.07, 6.45) is 6.68. The molecule has 222 valence electrons. The van der Waals surface area contributed by atoms with E-state index in [9.17, 15) is 9.59 Å². The number of hydrogen-bond acceptors (Lipinski definition) is 8. The molecule has 0 aliphatic carbocycles. The molecule has 10 heteroatoms. The minimum Gasteiger partial charge on any atom is -0.445 e. The molecule has 0 spiro atoms. The highest BCUT2D eigenvalue weighted by molar-refractivity contribution is 6.09. The lowest BCUT2D eigenvalue weighted by atomic mass is 10.0. The molecule has 0 saturated carbocycles. The Bertz CT molecular complexity index is 1960. The summed E-state index contributed by atoms with van der Waals surface area (Å²) in [5.41, 5.74) is 12.3.